The van der Waals surface area contributed by atoms with Crippen LogP contribution in [0.1, 0.15) is 21.5 Å². The van der Waals surface area contributed by atoms with Crippen LogP contribution in [0.25, 0.3) is 0 Å². The van der Waals surface area contributed by atoms with Crippen LogP contribution in [-0.2, 0) is 16.0 Å². The predicted molar refractivity (Wildman–Crippen MR) is 95.4 cm³/mol. The molecule has 0 aromatic heterocycles. The van der Waals surface area contributed by atoms with Crippen molar-refractivity contribution in [2.75, 3.05) is 7.11 Å². The average molecular weight is 441 g/mol. The van der Waals surface area contributed by atoms with Gasteiger partial charge in [0.15, 0.2) is 5.78 Å². The van der Waals surface area contributed by atoms with Gasteiger partial charge in [0.05, 0.1) is 7.11 Å². The van der Waals surface area contributed by atoms with Gasteiger partial charge in [-0.25, -0.2) is 0 Å². The number of ketones is 1. The normalized spacial score (nSPS) is 11.8. The Labute approximate surface area is 151 Å². The lowest BCUT2D eigenvalue weighted by atomic mass is 10.00. The van der Waals surface area contributed by atoms with Gasteiger partial charge >= 0.3 is 5.97 Å². The van der Waals surface area contributed by atoms with E-state index in [1.54, 1.807) is 30.3 Å². The van der Waals surface area contributed by atoms with E-state index >= 15 is 0 Å². The standard InChI is InChI=1S/C17H15Br2NO3/c1-23-17(22)15(20)8-10-2-4-11(5-3-10)16(21)13-9-12(18)6-7-14(13)19/h2-7,9,15H,8,20H2,1H3. The number of rotatable bonds is 5. The molecule has 1 atom stereocenters. The molecule has 2 N–H and O–H groups in total. The van der Waals surface area contributed by atoms with Crippen LogP contribution in [-0.4, -0.2) is 24.9 Å². The maximum atomic E-state index is 12.6. The van der Waals surface area contributed by atoms with Crippen LogP contribution in [0.5, 0.6) is 0 Å². The summed E-state index contributed by atoms with van der Waals surface area (Å²) in [7, 11) is 1.31. The predicted octanol–water partition coefficient (Wildman–Crippen LogP) is 3.49. The van der Waals surface area contributed by atoms with Crippen LogP contribution >= 0.6 is 31.9 Å². The Bertz CT molecular complexity index is 729. The maximum Gasteiger partial charge on any atom is 0.322 e. The monoisotopic (exact) mass is 439 g/mol. The Morgan fingerprint density at radius 1 is 1.13 bits per heavy atom. The van der Waals surface area contributed by atoms with E-state index in [4.69, 9.17) is 5.73 Å². The smallest absolute Gasteiger partial charge is 0.322 e. The molecule has 120 valence electrons. The molecule has 2 rings (SSSR count). The molecule has 0 bridgehead atoms. The first kappa shape index (κ1) is 17.8. The summed E-state index contributed by atoms with van der Waals surface area (Å²) in [6.07, 6.45) is 0.363. The fraction of sp³-hybridized carbons (Fsp3) is 0.176. The van der Waals surface area contributed by atoms with Gasteiger partial charge in [-0.15, -0.1) is 0 Å². The summed E-state index contributed by atoms with van der Waals surface area (Å²) < 4.78 is 6.18. The van der Waals surface area contributed by atoms with Crippen LogP contribution in [0.4, 0.5) is 0 Å². The van der Waals surface area contributed by atoms with Crippen molar-refractivity contribution in [3.8, 4) is 0 Å². The summed E-state index contributed by atoms with van der Waals surface area (Å²) in [6.45, 7) is 0. The first-order valence-electron chi connectivity index (χ1n) is 6.84. The van der Waals surface area contributed by atoms with Crippen LogP contribution in [0.15, 0.2) is 51.4 Å². The summed E-state index contributed by atoms with van der Waals surface area (Å²) >= 11 is 6.76. The van der Waals surface area contributed by atoms with Crippen molar-refractivity contribution >= 4 is 43.6 Å². The maximum absolute atomic E-state index is 12.6. The number of nitrogens with two attached hydrogens (primary N) is 1. The molecule has 0 heterocycles. The lowest BCUT2D eigenvalue weighted by molar-refractivity contribution is -0.142. The zero-order valence-electron chi connectivity index (χ0n) is 12.4. The summed E-state index contributed by atoms with van der Waals surface area (Å²) in [6, 6.07) is 11.8. The number of methoxy groups -OCH3 is 1. The van der Waals surface area contributed by atoms with Gasteiger partial charge in [-0.05, 0) is 30.2 Å². The van der Waals surface area contributed by atoms with Crippen LogP contribution in [0.3, 0.4) is 0 Å². The largest absolute Gasteiger partial charge is 0.468 e. The molecule has 2 aromatic rings. The van der Waals surface area contributed by atoms with Crippen molar-refractivity contribution in [1.82, 2.24) is 0 Å². The van der Waals surface area contributed by atoms with Crippen molar-refractivity contribution in [2.45, 2.75) is 12.5 Å². The summed E-state index contributed by atoms with van der Waals surface area (Å²) in [4.78, 5) is 23.9. The van der Waals surface area contributed by atoms with Gasteiger partial charge in [0.2, 0.25) is 0 Å². The van der Waals surface area contributed by atoms with Crippen molar-refractivity contribution < 1.29 is 14.3 Å². The van der Waals surface area contributed by atoms with Crippen molar-refractivity contribution in [3.05, 3.63) is 68.1 Å². The van der Waals surface area contributed by atoms with Crippen molar-refractivity contribution in [3.63, 3.8) is 0 Å². The molecule has 4 nitrogen and oxygen atoms in total. The van der Waals surface area contributed by atoms with Crippen LogP contribution in [0, 0.1) is 0 Å². The number of hydrogen-bond acceptors (Lipinski definition) is 4. The Hall–Kier alpha value is -1.50. The highest BCUT2D eigenvalue weighted by Gasteiger charge is 2.16. The third-order valence-corrected chi connectivity index (χ3v) is 4.53. The van der Waals surface area contributed by atoms with E-state index in [9.17, 15) is 9.59 Å². The minimum Gasteiger partial charge on any atom is -0.468 e. The second-order valence-corrected chi connectivity index (χ2v) is 6.75. The summed E-state index contributed by atoms with van der Waals surface area (Å²) in [5.41, 5.74) is 7.75. The van der Waals surface area contributed by atoms with Crippen molar-refractivity contribution in [1.29, 1.82) is 0 Å². The Morgan fingerprint density at radius 3 is 2.39 bits per heavy atom. The topological polar surface area (TPSA) is 69.4 Å². The van der Waals surface area contributed by atoms with Gasteiger partial charge in [0, 0.05) is 20.1 Å². The molecule has 0 aliphatic rings. The van der Waals surface area contributed by atoms with Gasteiger partial charge < -0.3 is 10.5 Å². The van der Waals surface area contributed by atoms with Crippen molar-refractivity contribution in [2.24, 2.45) is 5.73 Å². The molecule has 0 spiro atoms. The Kier molecular flexibility index (Phi) is 6.10. The molecule has 0 saturated carbocycles. The molecule has 0 fully saturated rings. The molecule has 0 amide bonds. The van der Waals surface area contributed by atoms with Gasteiger partial charge in [0.1, 0.15) is 6.04 Å². The number of carbonyl (C=O) groups excluding carboxylic acids is 2. The molecule has 6 heteroatoms. The SMILES string of the molecule is COC(=O)C(N)Cc1ccc(C(=O)c2cc(Br)ccc2Br)cc1. The number of halogens is 2. The molecule has 1 unspecified atom stereocenters. The minimum absolute atomic E-state index is 0.0815. The molecular formula is C17H15Br2NO3. The zero-order chi connectivity index (χ0) is 17.0. The summed E-state index contributed by atoms with van der Waals surface area (Å²) in [5, 5.41) is 0. The van der Waals surface area contributed by atoms with E-state index in [0.29, 0.717) is 17.5 Å². The lowest BCUT2D eigenvalue weighted by Gasteiger charge is -2.10. The molecule has 0 radical (unpaired) electrons. The molecule has 2 aromatic carbocycles. The van der Waals surface area contributed by atoms with E-state index < -0.39 is 12.0 Å². The van der Waals surface area contributed by atoms with Gasteiger partial charge in [0.25, 0.3) is 0 Å². The fourth-order valence-corrected chi connectivity index (χ4v) is 2.90. The quantitative estimate of drug-likeness (QED) is 0.570. The minimum atomic E-state index is -0.708. The summed E-state index contributed by atoms with van der Waals surface area (Å²) in [5.74, 6) is -0.537. The molecule has 0 aliphatic heterocycles. The second kappa shape index (κ2) is 7.86. The number of benzene rings is 2. The molecule has 0 saturated heterocycles. The molecule has 0 aliphatic carbocycles. The third-order valence-electron chi connectivity index (χ3n) is 3.35. The third kappa shape index (κ3) is 4.50. The van der Waals surface area contributed by atoms with E-state index in [2.05, 4.69) is 36.6 Å². The van der Waals surface area contributed by atoms with Crippen LogP contribution in [0.2, 0.25) is 0 Å². The van der Waals surface area contributed by atoms with Gasteiger partial charge in [-0.3, -0.25) is 9.59 Å². The first-order valence-corrected chi connectivity index (χ1v) is 8.43. The van der Waals surface area contributed by atoms with Gasteiger partial charge in [-0.2, -0.15) is 0 Å². The lowest BCUT2D eigenvalue weighted by Crippen LogP contribution is -2.33. The van der Waals surface area contributed by atoms with E-state index in [1.165, 1.54) is 7.11 Å². The van der Waals surface area contributed by atoms with Crippen LogP contribution < -0.4 is 5.73 Å². The van der Waals surface area contributed by atoms with E-state index in [-0.39, 0.29) is 5.78 Å². The number of carbonyl (C=O) groups is 2. The number of esters is 1. The highest BCUT2D eigenvalue weighted by molar-refractivity contribution is 9.11. The second-order valence-electron chi connectivity index (χ2n) is 4.98. The number of hydrogen-bond donors (Lipinski definition) is 1. The van der Waals surface area contributed by atoms with E-state index in [1.807, 2.05) is 12.1 Å². The van der Waals surface area contributed by atoms with E-state index in [0.717, 1.165) is 14.5 Å². The van der Waals surface area contributed by atoms with Gasteiger partial charge in [-0.1, -0.05) is 56.1 Å². The number of ether oxygens (including phenoxy) is 1. The highest BCUT2D eigenvalue weighted by Crippen LogP contribution is 2.24. The first-order chi connectivity index (χ1) is 10.9. The average Bonchev–Trinajstić information content (AvgIpc) is 2.56. The molecule has 23 heavy (non-hydrogen) atoms. The molecular weight excluding hydrogens is 426 g/mol. The Morgan fingerprint density at radius 2 is 1.78 bits per heavy atom. The fourth-order valence-electron chi connectivity index (χ4n) is 2.11. The zero-order valence-corrected chi connectivity index (χ0v) is 15.6. The Balaban J connectivity index is 2.17. The highest BCUT2D eigenvalue weighted by atomic mass is 79.9.